The molecule has 2 rings (SSSR count). The third kappa shape index (κ3) is 3.92. The molecular formula is C19H28N2O2. The van der Waals surface area contributed by atoms with Crippen LogP contribution in [0.3, 0.4) is 0 Å². The topological polar surface area (TPSA) is 40.6 Å². The van der Waals surface area contributed by atoms with Crippen LogP contribution < -0.4 is 0 Å². The molecule has 0 aromatic heterocycles. The van der Waals surface area contributed by atoms with Crippen molar-refractivity contribution in [2.75, 3.05) is 26.2 Å². The second-order valence-electron chi connectivity index (χ2n) is 6.90. The number of hydrogen-bond acceptors (Lipinski definition) is 2. The zero-order valence-corrected chi connectivity index (χ0v) is 15.0. The highest BCUT2D eigenvalue weighted by molar-refractivity contribution is 5.97. The molecule has 0 spiro atoms. The lowest BCUT2D eigenvalue weighted by Crippen LogP contribution is -2.39. The van der Waals surface area contributed by atoms with Crippen LogP contribution in [0.1, 0.15) is 47.3 Å². The number of rotatable bonds is 2. The second-order valence-corrected chi connectivity index (χ2v) is 6.90. The van der Waals surface area contributed by atoms with Crippen LogP contribution in [0.25, 0.3) is 0 Å². The highest BCUT2D eigenvalue weighted by Crippen LogP contribution is 2.19. The first-order chi connectivity index (χ1) is 10.8. The molecule has 1 aliphatic heterocycles. The molecule has 4 nitrogen and oxygen atoms in total. The van der Waals surface area contributed by atoms with Crippen LogP contribution in [0.5, 0.6) is 0 Å². The van der Waals surface area contributed by atoms with Gasteiger partial charge in [-0.15, -0.1) is 0 Å². The summed E-state index contributed by atoms with van der Waals surface area (Å²) in [5, 5.41) is 0. The number of carbonyl (C=O) groups excluding carboxylic acids is 2. The summed E-state index contributed by atoms with van der Waals surface area (Å²) in [5.74, 6) is 0.291. The Balaban J connectivity index is 2.14. The average Bonchev–Trinajstić information content (AvgIpc) is 2.70. The molecule has 1 fully saturated rings. The number of carbonyl (C=O) groups is 2. The Morgan fingerprint density at radius 1 is 0.913 bits per heavy atom. The van der Waals surface area contributed by atoms with E-state index in [1.165, 1.54) is 5.56 Å². The van der Waals surface area contributed by atoms with Crippen LogP contribution >= 0.6 is 0 Å². The summed E-state index contributed by atoms with van der Waals surface area (Å²) in [5.41, 5.74) is 4.07. The highest BCUT2D eigenvalue weighted by atomic mass is 16.2. The summed E-state index contributed by atoms with van der Waals surface area (Å²) in [4.78, 5) is 28.9. The van der Waals surface area contributed by atoms with Gasteiger partial charge in [0.05, 0.1) is 0 Å². The van der Waals surface area contributed by atoms with Crippen LogP contribution in [0.2, 0.25) is 0 Å². The van der Waals surface area contributed by atoms with Crippen LogP contribution in [0.4, 0.5) is 0 Å². The maximum Gasteiger partial charge on any atom is 0.254 e. The Bertz CT molecular complexity index is 584. The van der Waals surface area contributed by atoms with E-state index in [-0.39, 0.29) is 17.7 Å². The predicted molar refractivity (Wildman–Crippen MR) is 92.6 cm³/mol. The van der Waals surface area contributed by atoms with Crippen molar-refractivity contribution >= 4 is 11.8 Å². The molecule has 126 valence electrons. The van der Waals surface area contributed by atoms with Gasteiger partial charge in [0.1, 0.15) is 0 Å². The van der Waals surface area contributed by atoms with Crippen LogP contribution in [-0.2, 0) is 4.79 Å². The Morgan fingerprint density at radius 2 is 1.43 bits per heavy atom. The Labute approximate surface area is 139 Å². The predicted octanol–water partition coefficient (Wildman–Crippen LogP) is 2.94. The highest BCUT2D eigenvalue weighted by Gasteiger charge is 2.25. The van der Waals surface area contributed by atoms with Crippen molar-refractivity contribution in [3.05, 3.63) is 34.4 Å². The summed E-state index contributed by atoms with van der Waals surface area (Å²) < 4.78 is 0. The van der Waals surface area contributed by atoms with Gasteiger partial charge in [0, 0.05) is 37.7 Å². The van der Waals surface area contributed by atoms with Gasteiger partial charge in [-0.3, -0.25) is 9.59 Å². The summed E-state index contributed by atoms with van der Waals surface area (Å²) in [7, 11) is 0. The van der Waals surface area contributed by atoms with Crippen molar-refractivity contribution in [1.29, 1.82) is 0 Å². The third-order valence-corrected chi connectivity index (χ3v) is 4.48. The molecule has 0 aliphatic carbocycles. The molecule has 23 heavy (non-hydrogen) atoms. The molecule has 2 amide bonds. The lowest BCUT2D eigenvalue weighted by atomic mass is 9.98. The second kappa shape index (κ2) is 7.16. The molecule has 1 heterocycles. The minimum absolute atomic E-state index is 0.0128. The molecule has 1 aromatic carbocycles. The number of amides is 2. The maximum atomic E-state index is 12.9. The molecule has 0 atom stereocenters. The van der Waals surface area contributed by atoms with Gasteiger partial charge >= 0.3 is 0 Å². The van der Waals surface area contributed by atoms with Gasteiger partial charge in [-0.05, 0) is 38.3 Å². The van der Waals surface area contributed by atoms with Crippen molar-refractivity contribution in [3.63, 3.8) is 0 Å². The summed E-state index contributed by atoms with van der Waals surface area (Å²) >= 11 is 0. The quantitative estimate of drug-likeness (QED) is 0.841. The van der Waals surface area contributed by atoms with Gasteiger partial charge in [-0.25, -0.2) is 0 Å². The van der Waals surface area contributed by atoms with E-state index in [9.17, 15) is 9.59 Å². The molecule has 0 bridgehead atoms. The first-order valence-electron chi connectivity index (χ1n) is 8.47. The van der Waals surface area contributed by atoms with Crippen molar-refractivity contribution in [2.24, 2.45) is 5.92 Å². The molecule has 0 unspecified atom stereocenters. The molecular weight excluding hydrogens is 288 g/mol. The van der Waals surface area contributed by atoms with Gasteiger partial charge in [0.2, 0.25) is 5.91 Å². The summed E-state index contributed by atoms with van der Waals surface area (Å²) in [6, 6.07) is 4.12. The van der Waals surface area contributed by atoms with Crippen molar-refractivity contribution in [2.45, 2.75) is 41.0 Å². The van der Waals surface area contributed by atoms with Crippen molar-refractivity contribution < 1.29 is 9.59 Å². The number of benzene rings is 1. The fourth-order valence-electron chi connectivity index (χ4n) is 3.38. The Kier molecular flexibility index (Phi) is 5.45. The van der Waals surface area contributed by atoms with E-state index < -0.39 is 0 Å². The summed E-state index contributed by atoms with van der Waals surface area (Å²) in [6.45, 7) is 12.6. The van der Waals surface area contributed by atoms with Crippen molar-refractivity contribution in [1.82, 2.24) is 9.80 Å². The minimum atomic E-state index is 0.0128. The van der Waals surface area contributed by atoms with Crippen LogP contribution in [0, 0.1) is 26.7 Å². The fraction of sp³-hybridized carbons (Fsp3) is 0.579. The standard InChI is InChI=1S/C19H28N2O2/c1-13(2)18(22)20-7-6-8-21(10-9-20)19(23)17-15(4)11-14(3)12-16(17)5/h11-13H,6-10H2,1-5H3. The molecule has 0 saturated carbocycles. The number of aryl methyl sites for hydroxylation is 3. The number of hydrogen-bond donors (Lipinski definition) is 0. The Morgan fingerprint density at radius 3 is 2.00 bits per heavy atom. The molecule has 1 aromatic rings. The monoisotopic (exact) mass is 316 g/mol. The number of nitrogens with zero attached hydrogens (tertiary/aromatic N) is 2. The molecule has 1 saturated heterocycles. The van der Waals surface area contributed by atoms with Crippen LogP contribution in [0.15, 0.2) is 12.1 Å². The zero-order valence-electron chi connectivity index (χ0n) is 15.0. The largest absolute Gasteiger partial charge is 0.341 e. The third-order valence-electron chi connectivity index (χ3n) is 4.48. The molecule has 1 aliphatic rings. The first-order valence-corrected chi connectivity index (χ1v) is 8.47. The zero-order chi connectivity index (χ0) is 17.1. The van der Waals surface area contributed by atoms with E-state index >= 15 is 0 Å². The molecule has 4 heteroatoms. The Hall–Kier alpha value is -1.84. The first kappa shape index (κ1) is 17.5. The molecule has 0 radical (unpaired) electrons. The van der Waals surface area contributed by atoms with E-state index in [1.807, 2.05) is 37.5 Å². The minimum Gasteiger partial charge on any atom is -0.341 e. The smallest absolute Gasteiger partial charge is 0.254 e. The van der Waals surface area contributed by atoms with Crippen LogP contribution in [-0.4, -0.2) is 47.8 Å². The lowest BCUT2D eigenvalue weighted by molar-refractivity contribution is -0.134. The van der Waals surface area contributed by atoms with E-state index in [1.54, 1.807) is 0 Å². The lowest BCUT2D eigenvalue weighted by Gasteiger charge is -2.24. The van der Waals surface area contributed by atoms with Gasteiger partial charge in [-0.2, -0.15) is 0 Å². The van der Waals surface area contributed by atoms with E-state index in [4.69, 9.17) is 0 Å². The maximum absolute atomic E-state index is 12.9. The SMILES string of the molecule is Cc1cc(C)c(C(=O)N2CCCN(C(=O)C(C)C)CC2)c(C)c1. The van der Waals surface area contributed by atoms with Crippen molar-refractivity contribution in [3.8, 4) is 0 Å². The van der Waals surface area contributed by atoms with Gasteiger partial charge in [0.25, 0.3) is 5.91 Å². The average molecular weight is 316 g/mol. The fourth-order valence-corrected chi connectivity index (χ4v) is 3.38. The van der Waals surface area contributed by atoms with Gasteiger partial charge < -0.3 is 9.80 Å². The van der Waals surface area contributed by atoms with E-state index in [0.717, 1.165) is 29.7 Å². The van der Waals surface area contributed by atoms with E-state index in [2.05, 4.69) is 19.1 Å². The van der Waals surface area contributed by atoms with Gasteiger partial charge in [-0.1, -0.05) is 31.5 Å². The van der Waals surface area contributed by atoms with Gasteiger partial charge in [0.15, 0.2) is 0 Å². The van der Waals surface area contributed by atoms with E-state index in [0.29, 0.717) is 19.6 Å². The normalized spacial score (nSPS) is 15.7. The summed E-state index contributed by atoms with van der Waals surface area (Å²) in [6.07, 6.45) is 0.841. The molecule has 0 N–H and O–H groups in total.